The van der Waals surface area contributed by atoms with E-state index in [9.17, 15) is 4.79 Å². The first-order valence-corrected chi connectivity index (χ1v) is 4.05. The Morgan fingerprint density at radius 3 is 2.92 bits per heavy atom. The maximum atomic E-state index is 11.6. The van der Waals surface area contributed by atoms with Crippen molar-refractivity contribution in [1.29, 1.82) is 0 Å². The Balaban J connectivity index is 3.03. The van der Waals surface area contributed by atoms with E-state index in [1.807, 2.05) is 0 Å². The van der Waals surface area contributed by atoms with Crippen molar-refractivity contribution in [3.63, 3.8) is 0 Å². The second-order valence-electron chi connectivity index (χ2n) is 2.97. The molecule has 13 heavy (non-hydrogen) atoms. The average molecular weight is 175 g/mol. The summed E-state index contributed by atoms with van der Waals surface area (Å²) in [6, 6.07) is 3.45. The minimum absolute atomic E-state index is 0.00634. The molecule has 2 heterocycles. The number of pyridine rings is 1. The standard InChI is InChI=1S/C10H9NO2/c1-6-7(2)13-10-8(9(6)12)4-3-5-11-10/h3-5H,1-2H3. The number of hydrogen-bond acceptors (Lipinski definition) is 3. The van der Waals surface area contributed by atoms with Crippen LogP contribution in [0.3, 0.4) is 0 Å². The van der Waals surface area contributed by atoms with E-state index in [0.717, 1.165) is 0 Å². The molecule has 0 aliphatic heterocycles. The van der Waals surface area contributed by atoms with Gasteiger partial charge in [0.2, 0.25) is 5.71 Å². The van der Waals surface area contributed by atoms with Gasteiger partial charge in [-0.2, -0.15) is 0 Å². The van der Waals surface area contributed by atoms with Crippen LogP contribution >= 0.6 is 0 Å². The highest BCUT2D eigenvalue weighted by Gasteiger charge is 2.06. The normalized spacial score (nSPS) is 10.6. The third kappa shape index (κ3) is 1.13. The van der Waals surface area contributed by atoms with Gasteiger partial charge in [-0.05, 0) is 26.0 Å². The molecule has 2 rings (SSSR count). The van der Waals surface area contributed by atoms with E-state index in [1.54, 1.807) is 32.2 Å². The Kier molecular flexibility index (Phi) is 1.65. The molecule has 66 valence electrons. The largest absolute Gasteiger partial charge is 0.443 e. The van der Waals surface area contributed by atoms with E-state index < -0.39 is 0 Å². The number of nitrogens with zero attached hydrogens (tertiary/aromatic N) is 1. The van der Waals surface area contributed by atoms with Crippen LogP contribution in [0.5, 0.6) is 0 Å². The van der Waals surface area contributed by atoms with Gasteiger partial charge in [0.05, 0.1) is 5.39 Å². The highest BCUT2D eigenvalue weighted by molar-refractivity contribution is 5.72. The molecule has 0 spiro atoms. The molecule has 3 nitrogen and oxygen atoms in total. The van der Waals surface area contributed by atoms with E-state index >= 15 is 0 Å². The average Bonchev–Trinajstić information content (AvgIpc) is 2.15. The minimum Gasteiger partial charge on any atom is -0.443 e. The van der Waals surface area contributed by atoms with Crippen LogP contribution in [0.1, 0.15) is 11.3 Å². The second-order valence-corrected chi connectivity index (χ2v) is 2.97. The monoisotopic (exact) mass is 175 g/mol. The zero-order valence-corrected chi connectivity index (χ0v) is 7.50. The number of hydrogen-bond donors (Lipinski definition) is 0. The first-order valence-electron chi connectivity index (χ1n) is 4.05. The van der Waals surface area contributed by atoms with Crippen molar-refractivity contribution in [3.8, 4) is 0 Å². The fourth-order valence-electron chi connectivity index (χ4n) is 1.23. The van der Waals surface area contributed by atoms with Gasteiger partial charge >= 0.3 is 0 Å². The quantitative estimate of drug-likeness (QED) is 0.613. The molecule has 0 fully saturated rings. The summed E-state index contributed by atoms with van der Waals surface area (Å²) in [6.07, 6.45) is 1.61. The number of rotatable bonds is 0. The Bertz CT molecular complexity index is 514. The summed E-state index contributed by atoms with van der Waals surface area (Å²) < 4.78 is 5.36. The molecular weight excluding hydrogens is 166 g/mol. The Morgan fingerprint density at radius 1 is 1.38 bits per heavy atom. The van der Waals surface area contributed by atoms with Crippen LogP contribution in [0.15, 0.2) is 27.5 Å². The second kappa shape index (κ2) is 2.69. The van der Waals surface area contributed by atoms with Gasteiger partial charge in [-0.3, -0.25) is 4.79 Å². The Hall–Kier alpha value is -1.64. The molecule has 0 aliphatic carbocycles. The molecule has 0 saturated carbocycles. The van der Waals surface area contributed by atoms with Gasteiger partial charge in [0.15, 0.2) is 5.43 Å². The highest BCUT2D eigenvalue weighted by atomic mass is 16.3. The molecule has 0 bridgehead atoms. The predicted octanol–water partition coefficient (Wildman–Crippen LogP) is 1.80. The topological polar surface area (TPSA) is 43.1 Å². The third-order valence-corrected chi connectivity index (χ3v) is 2.13. The van der Waals surface area contributed by atoms with Crippen molar-refractivity contribution in [1.82, 2.24) is 4.98 Å². The van der Waals surface area contributed by atoms with Crippen molar-refractivity contribution in [3.05, 3.63) is 39.9 Å². The summed E-state index contributed by atoms with van der Waals surface area (Å²) >= 11 is 0. The van der Waals surface area contributed by atoms with Gasteiger partial charge in [0.25, 0.3) is 0 Å². The summed E-state index contributed by atoms with van der Waals surface area (Å²) in [5, 5.41) is 0.547. The van der Waals surface area contributed by atoms with Crippen molar-refractivity contribution >= 4 is 11.1 Å². The molecule has 0 amide bonds. The number of fused-ring (bicyclic) bond motifs is 1. The molecule has 2 aromatic rings. The lowest BCUT2D eigenvalue weighted by Crippen LogP contribution is -2.07. The molecule has 3 heteroatoms. The third-order valence-electron chi connectivity index (χ3n) is 2.13. The van der Waals surface area contributed by atoms with Gasteiger partial charge in [-0.25, -0.2) is 4.98 Å². The van der Waals surface area contributed by atoms with Gasteiger partial charge in [0, 0.05) is 11.8 Å². The van der Waals surface area contributed by atoms with Gasteiger partial charge in [0.1, 0.15) is 5.76 Å². The first kappa shape index (κ1) is 7.98. The smallest absolute Gasteiger partial charge is 0.230 e. The van der Waals surface area contributed by atoms with Crippen LogP contribution in [-0.4, -0.2) is 4.98 Å². The zero-order chi connectivity index (χ0) is 9.42. The molecule has 0 N–H and O–H groups in total. The Morgan fingerprint density at radius 2 is 2.15 bits per heavy atom. The van der Waals surface area contributed by atoms with Crippen LogP contribution in [-0.2, 0) is 0 Å². The van der Waals surface area contributed by atoms with Crippen molar-refractivity contribution in [2.24, 2.45) is 0 Å². The molecule has 0 atom stereocenters. The van der Waals surface area contributed by atoms with Crippen molar-refractivity contribution < 1.29 is 4.42 Å². The van der Waals surface area contributed by atoms with E-state index in [-0.39, 0.29) is 5.43 Å². The van der Waals surface area contributed by atoms with Crippen LogP contribution in [0.4, 0.5) is 0 Å². The molecular formula is C10H9NO2. The summed E-state index contributed by atoms with van der Waals surface area (Å²) in [6.45, 7) is 3.53. The lowest BCUT2D eigenvalue weighted by molar-refractivity contribution is 0.548. The van der Waals surface area contributed by atoms with Crippen molar-refractivity contribution in [2.45, 2.75) is 13.8 Å². The lowest BCUT2D eigenvalue weighted by Gasteiger charge is -1.99. The highest BCUT2D eigenvalue weighted by Crippen LogP contribution is 2.10. The maximum absolute atomic E-state index is 11.6. The molecule has 0 saturated heterocycles. The zero-order valence-electron chi connectivity index (χ0n) is 7.50. The van der Waals surface area contributed by atoms with Gasteiger partial charge < -0.3 is 4.42 Å². The van der Waals surface area contributed by atoms with Gasteiger partial charge in [-0.1, -0.05) is 0 Å². The van der Waals surface area contributed by atoms with E-state index in [4.69, 9.17) is 4.42 Å². The first-order chi connectivity index (χ1) is 6.20. The van der Waals surface area contributed by atoms with E-state index in [0.29, 0.717) is 22.4 Å². The van der Waals surface area contributed by atoms with Crippen LogP contribution in [0, 0.1) is 13.8 Å². The minimum atomic E-state index is 0.00634. The molecule has 0 aliphatic rings. The molecule has 0 unspecified atom stereocenters. The Labute approximate surface area is 75.0 Å². The summed E-state index contributed by atoms with van der Waals surface area (Å²) in [5.41, 5.74) is 1.07. The summed E-state index contributed by atoms with van der Waals surface area (Å²) in [7, 11) is 0. The number of aryl methyl sites for hydroxylation is 1. The summed E-state index contributed by atoms with van der Waals surface area (Å²) in [5.74, 6) is 0.635. The van der Waals surface area contributed by atoms with Gasteiger partial charge in [-0.15, -0.1) is 0 Å². The van der Waals surface area contributed by atoms with E-state index in [2.05, 4.69) is 4.98 Å². The maximum Gasteiger partial charge on any atom is 0.230 e. The molecule has 2 aromatic heterocycles. The fourth-order valence-corrected chi connectivity index (χ4v) is 1.23. The van der Waals surface area contributed by atoms with Crippen LogP contribution < -0.4 is 5.43 Å². The SMILES string of the molecule is Cc1oc2ncccc2c(=O)c1C. The lowest BCUT2D eigenvalue weighted by atomic mass is 10.2. The summed E-state index contributed by atoms with van der Waals surface area (Å²) in [4.78, 5) is 15.6. The van der Waals surface area contributed by atoms with Crippen LogP contribution in [0.2, 0.25) is 0 Å². The fraction of sp³-hybridized carbons (Fsp3) is 0.200. The molecule has 0 aromatic carbocycles. The van der Waals surface area contributed by atoms with Crippen LogP contribution in [0.25, 0.3) is 11.1 Å². The van der Waals surface area contributed by atoms with Crippen molar-refractivity contribution in [2.75, 3.05) is 0 Å². The molecule has 0 radical (unpaired) electrons. The predicted molar refractivity (Wildman–Crippen MR) is 49.8 cm³/mol. The number of aromatic nitrogens is 1. The van der Waals surface area contributed by atoms with E-state index in [1.165, 1.54) is 0 Å².